The van der Waals surface area contributed by atoms with Crippen LogP contribution >= 0.6 is 0 Å². The number of unbranched alkanes of at least 4 members (excludes halogenated alkanes) is 4. The number of nitrogens with two attached hydrogens (primary N) is 9. The van der Waals surface area contributed by atoms with Gasteiger partial charge in [0.15, 0.2) is 0 Å². The molecular formula is C88H154N26O16. The Morgan fingerprint density at radius 1 is 0.354 bits per heavy atom. The average Bonchev–Trinajstić information content (AvgIpc) is 1.67. The standard InChI is InChI=1S/C88H154N26O16/c1-11-52(7)71(114-85(128)72(53(8)12-2)113-83(126)68(109-73(116)54(9)93)46-56-28-14-13-15-29-56)84(127)112-69(47-57-48-100-59-31-17-16-30-58(57)59)82(125)111-66(44-50(3)4)80(123)102-55(10)74(117)104-63(36-26-42-98-87(94)95)78(121)106-64(37-27-43-99-88(96)97)79(122)110-67(45-51(5)6)81(124)107-62(34-20-24-40-91)77(120)105-60(32-18-22-38-89)75(118)101-49-70(115)103-61(33-19-23-39-90)76(119)108-65(86(129)130)35-21-25-41-92/h13-17,28-31,48,50-55,60-69,71-72,87-88,98-100H,11-12,18-27,32-47,49,89-97H2,1-10H3,(H,101,118)(H,102,123)(H,103,115)(H,104,117)(H,105,120)(H,106,121)(H,107,124)(H,108,119)(H,109,116)(H,110,122)(H,111,125)(H,112,127)(H,113,126)(H,114,128)(H,129,130)/t52-,53-,54-,55-,60-,61-,62-,63-,64-,65-,66-,67-,68-,69-,71-,72-/m0/s1. The van der Waals surface area contributed by atoms with Gasteiger partial charge in [-0.15, -0.1) is 0 Å². The lowest BCUT2D eigenvalue weighted by atomic mass is 9.94. The van der Waals surface area contributed by atoms with E-state index >= 15 is 9.59 Å². The van der Waals surface area contributed by atoms with Gasteiger partial charge < -0.3 is 136 Å². The molecule has 1 heterocycles. The smallest absolute Gasteiger partial charge is 0.326 e. The molecule has 42 nitrogen and oxygen atoms in total. The van der Waals surface area contributed by atoms with Crippen molar-refractivity contribution in [1.82, 2.24) is 90.1 Å². The van der Waals surface area contributed by atoms with E-state index in [4.69, 9.17) is 51.6 Å². The van der Waals surface area contributed by atoms with Crippen LogP contribution in [-0.4, -0.2) is 242 Å². The maximum atomic E-state index is 15.2. The number of aromatic amines is 1. The third kappa shape index (κ3) is 43.1. The van der Waals surface area contributed by atoms with Crippen LogP contribution in [0.5, 0.6) is 0 Å². The maximum Gasteiger partial charge on any atom is 0.326 e. The highest BCUT2D eigenvalue weighted by molar-refractivity contribution is 6.01. The SMILES string of the molecule is CC[C@H](C)[C@H](NC(=O)[C@H](Cc1ccccc1)NC(=O)[C@H](C)N)C(=O)N[C@H](C(=O)N[C@@H](Cc1c[nH]c2ccccc12)C(=O)N[C@@H](CC(C)C)C(=O)N[C@@H](C)C(=O)N[C@@H](CCCNC(N)N)C(=O)N[C@@H](CCCNC(N)N)C(=O)N[C@@H](CC(C)C)C(=O)N[C@@H](CCCCN)C(=O)N[C@@H](CCCCN)C(=O)NCC(=O)N[C@@H](CCCCN)C(=O)N[C@@H](CCCCN)C(=O)O)[C@@H](C)CC. The van der Waals surface area contributed by atoms with Crippen LogP contribution in [-0.2, 0) is 84.8 Å². The fourth-order valence-electron chi connectivity index (χ4n) is 14.2. The summed E-state index contributed by atoms with van der Waals surface area (Å²) < 4.78 is 0. The summed E-state index contributed by atoms with van der Waals surface area (Å²) in [6, 6.07) is -2.05. The van der Waals surface area contributed by atoms with Crippen LogP contribution in [0, 0.1) is 23.7 Å². The second-order valence-electron chi connectivity index (χ2n) is 34.4. The Bertz CT molecular complexity index is 4010. The van der Waals surface area contributed by atoms with Crippen molar-refractivity contribution < 1.29 is 77.0 Å². The summed E-state index contributed by atoms with van der Waals surface area (Å²) in [5.74, 6) is -14.0. The number of fused-ring (bicyclic) bond motifs is 1. The summed E-state index contributed by atoms with van der Waals surface area (Å²) in [6.45, 7) is 17.7. The van der Waals surface area contributed by atoms with Gasteiger partial charge in [0, 0.05) is 29.9 Å². The summed E-state index contributed by atoms with van der Waals surface area (Å²) in [6.07, 6.45) is 3.95. The molecule has 3 rings (SSSR count). The number of amides is 14. The number of carboxylic acids is 1. The second kappa shape index (κ2) is 62.0. The molecule has 0 fully saturated rings. The van der Waals surface area contributed by atoms with Gasteiger partial charge in [-0.25, -0.2) is 4.79 Å². The number of nitrogens with one attached hydrogen (secondary N) is 17. The Kier molecular flexibility index (Phi) is 54.3. The van der Waals surface area contributed by atoms with Gasteiger partial charge in [0.2, 0.25) is 82.7 Å². The molecule has 0 saturated heterocycles. The van der Waals surface area contributed by atoms with Gasteiger partial charge in [-0.3, -0.25) is 77.8 Å². The van der Waals surface area contributed by atoms with E-state index in [-0.39, 0.29) is 122 Å². The maximum absolute atomic E-state index is 15.2. The van der Waals surface area contributed by atoms with Crippen LogP contribution in [0.3, 0.4) is 0 Å². The van der Waals surface area contributed by atoms with E-state index in [0.717, 1.165) is 16.5 Å². The first-order valence-corrected chi connectivity index (χ1v) is 45.8. The van der Waals surface area contributed by atoms with Crippen molar-refractivity contribution >= 4 is 99.6 Å². The number of hydrogen-bond donors (Lipinski definition) is 27. The highest BCUT2D eigenvalue weighted by Crippen LogP contribution is 2.22. The summed E-state index contributed by atoms with van der Waals surface area (Å²) >= 11 is 0. The zero-order valence-corrected chi connectivity index (χ0v) is 77.6. The lowest BCUT2D eigenvalue weighted by molar-refractivity contribution is -0.142. The fraction of sp³-hybridized carbons (Fsp3) is 0.670. The molecule has 130 heavy (non-hydrogen) atoms. The van der Waals surface area contributed by atoms with Gasteiger partial charge in [0.1, 0.15) is 91.1 Å². The van der Waals surface area contributed by atoms with Gasteiger partial charge in [0.25, 0.3) is 0 Å². The molecule has 14 amide bonds. The van der Waals surface area contributed by atoms with Crippen molar-refractivity contribution in [3.63, 3.8) is 0 Å². The number of aliphatic carboxylic acids is 1. The van der Waals surface area contributed by atoms with Crippen LogP contribution in [0.1, 0.15) is 209 Å². The predicted octanol–water partition coefficient (Wildman–Crippen LogP) is -3.33. The van der Waals surface area contributed by atoms with E-state index in [2.05, 4.69) is 90.1 Å². The first-order chi connectivity index (χ1) is 61.7. The number of carboxylic acid groups (broad SMARTS) is 1. The minimum absolute atomic E-state index is 0.00103. The van der Waals surface area contributed by atoms with Crippen molar-refractivity contribution in [3.8, 4) is 0 Å². The molecule has 0 aliphatic rings. The van der Waals surface area contributed by atoms with E-state index in [1.165, 1.54) is 13.8 Å². The van der Waals surface area contributed by atoms with Crippen molar-refractivity contribution in [2.45, 2.75) is 308 Å². The van der Waals surface area contributed by atoms with Crippen molar-refractivity contribution in [3.05, 3.63) is 71.9 Å². The molecule has 0 spiro atoms. The summed E-state index contributed by atoms with van der Waals surface area (Å²) in [5, 5.41) is 54.3. The lowest BCUT2D eigenvalue weighted by Gasteiger charge is -2.31. The van der Waals surface area contributed by atoms with Crippen LogP contribution in [0.25, 0.3) is 10.9 Å². The van der Waals surface area contributed by atoms with E-state index in [1.807, 2.05) is 32.0 Å². The molecule has 0 aliphatic heterocycles. The van der Waals surface area contributed by atoms with Crippen molar-refractivity contribution in [1.29, 1.82) is 0 Å². The monoisotopic (exact) mass is 1830 g/mol. The zero-order valence-electron chi connectivity index (χ0n) is 77.6. The van der Waals surface area contributed by atoms with E-state index < -0.39 is 204 Å². The largest absolute Gasteiger partial charge is 0.480 e. The molecule has 0 bridgehead atoms. The molecule has 42 heteroatoms. The minimum Gasteiger partial charge on any atom is -0.480 e. The molecule has 3 aromatic rings. The van der Waals surface area contributed by atoms with Crippen molar-refractivity contribution in [2.75, 3.05) is 45.8 Å². The number of carbonyl (C=O) groups excluding carboxylic acids is 14. The van der Waals surface area contributed by atoms with E-state index in [9.17, 15) is 67.4 Å². The van der Waals surface area contributed by atoms with Gasteiger partial charge in [-0.05, 0) is 210 Å². The Balaban J connectivity index is 2.00. The third-order valence-corrected chi connectivity index (χ3v) is 22.2. The topological polar surface area (TPSA) is 719 Å². The van der Waals surface area contributed by atoms with Gasteiger partial charge >= 0.3 is 5.97 Å². The number of para-hydroxylation sites is 1. The minimum atomic E-state index is -1.45. The molecule has 2 aromatic carbocycles. The summed E-state index contributed by atoms with van der Waals surface area (Å²) in [5.41, 5.74) is 54.2. The summed E-state index contributed by atoms with van der Waals surface area (Å²) in [7, 11) is 0. The second-order valence-corrected chi connectivity index (χ2v) is 34.4. The fourth-order valence-corrected chi connectivity index (χ4v) is 14.2. The zero-order chi connectivity index (χ0) is 97.1. The predicted molar refractivity (Wildman–Crippen MR) is 495 cm³/mol. The number of H-pyrrole nitrogens is 1. The Morgan fingerprint density at radius 3 is 1.14 bits per heavy atom. The van der Waals surface area contributed by atoms with Crippen LogP contribution in [0.2, 0.25) is 0 Å². The van der Waals surface area contributed by atoms with Crippen LogP contribution in [0.15, 0.2) is 60.8 Å². The molecule has 0 radical (unpaired) electrons. The van der Waals surface area contributed by atoms with Gasteiger partial charge in [-0.2, -0.15) is 0 Å². The van der Waals surface area contributed by atoms with Crippen LogP contribution in [0.4, 0.5) is 0 Å². The molecule has 732 valence electrons. The van der Waals surface area contributed by atoms with E-state index in [1.54, 1.807) is 84.1 Å². The van der Waals surface area contributed by atoms with Crippen LogP contribution < -0.4 is 137 Å². The first kappa shape index (κ1) is 114. The molecule has 0 unspecified atom stereocenters. The number of aromatic nitrogens is 1. The first-order valence-electron chi connectivity index (χ1n) is 45.8. The Hall–Kier alpha value is -10.4. The van der Waals surface area contributed by atoms with E-state index in [0.29, 0.717) is 76.3 Å². The Labute approximate surface area is 763 Å². The highest BCUT2D eigenvalue weighted by Gasteiger charge is 2.40. The quantitative estimate of drug-likeness (QED) is 0.0194. The number of benzene rings is 2. The molecule has 16 atom stereocenters. The number of rotatable bonds is 67. The Morgan fingerprint density at radius 2 is 0.700 bits per heavy atom. The average molecular weight is 1830 g/mol. The molecule has 0 aliphatic carbocycles. The van der Waals surface area contributed by atoms with Gasteiger partial charge in [-0.1, -0.05) is 117 Å². The third-order valence-electron chi connectivity index (χ3n) is 22.2. The molecule has 0 saturated carbocycles. The molecule has 36 N–H and O–H groups in total. The lowest BCUT2D eigenvalue weighted by Crippen LogP contribution is -2.62. The number of carbonyl (C=O) groups is 15. The normalized spacial score (nSPS) is 15.2. The number of hydrogen-bond acceptors (Lipinski definition) is 26. The summed E-state index contributed by atoms with van der Waals surface area (Å²) in [4.78, 5) is 217. The molecular weight excluding hydrogens is 1680 g/mol. The molecule has 1 aromatic heterocycles. The van der Waals surface area contributed by atoms with Crippen molar-refractivity contribution in [2.24, 2.45) is 75.3 Å². The highest BCUT2D eigenvalue weighted by atomic mass is 16.4. The van der Waals surface area contributed by atoms with Gasteiger partial charge in [0.05, 0.1) is 12.6 Å².